The lowest BCUT2D eigenvalue weighted by Crippen LogP contribution is -2.47. The molecule has 234 valence electrons. The van der Waals surface area contributed by atoms with Crippen molar-refractivity contribution in [1.29, 1.82) is 0 Å². The second kappa shape index (κ2) is 12.2. The summed E-state index contributed by atoms with van der Waals surface area (Å²) in [7, 11) is 6.07. The summed E-state index contributed by atoms with van der Waals surface area (Å²) < 4.78 is 42.0. The number of nitrogens with one attached hydrogen (secondary N) is 2. The van der Waals surface area contributed by atoms with Crippen LogP contribution in [0.1, 0.15) is 38.2 Å². The number of rotatable bonds is 9. The van der Waals surface area contributed by atoms with Gasteiger partial charge in [-0.05, 0) is 76.4 Å². The van der Waals surface area contributed by atoms with Crippen LogP contribution in [0.15, 0.2) is 30.2 Å². The number of fused-ring (bicyclic) bond motifs is 2. The number of piperidine rings is 1. The van der Waals surface area contributed by atoms with E-state index in [-0.39, 0.29) is 12.0 Å². The third kappa shape index (κ3) is 6.78. The second-order valence-corrected chi connectivity index (χ2v) is 13.2. The monoisotopic (exact) mass is 617 g/mol. The third-order valence-electron chi connectivity index (χ3n) is 8.63. The van der Waals surface area contributed by atoms with Crippen molar-refractivity contribution >= 4 is 40.4 Å². The zero-order valence-corrected chi connectivity index (χ0v) is 26.1. The molecule has 6 rings (SSSR count). The minimum absolute atomic E-state index is 0.0475. The van der Waals surface area contributed by atoms with Crippen molar-refractivity contribution in [3.63, 3.8) is 0 Å². The Morgan fingerprint density at radius 3 is 2.84 bits per heavy atom. The zero-order chi connectivity index (χ0) is 30.3. The molecule has 0 bridgehead atoms. The van der Waals surface area contributed by atoms with Crippen molar-refractivity contribution in [2.45, 2.75) is 50.7 Å². The number of hydrogen-bond donors (Lipinski definition) is 2. The molecule has 12 heteroatoms. The van der Waals surface area contributed by atoms with Crippen LogP contribution >= 0.6 is 11.6 Å². The molecule has 2 aromatic rings. The Bertz CT molecular complexity index is 1360. The zero-order valence-electron chi connectivity index (χ0n) is 25.4. The summed E-state index contributed by atoms with van der Waals surface area (Å²) in [5.74, 6) is -0.941. The number of likely N-dealkylation sites (N-methyl/N-ethyl adjacent to an activating group) is 1. The van der Waals surface area contributed by atoms with Gasteiger partial charge < -0.3 is 34.8 Å². The molecule has 2 fully saturated rings. The van der Waals surface area contributed by atoms with E-state index in [1.807, 2.05) is 30.1 Å². The summed E-state index contributed by atoms with van der Waals surface area (Å²) >= 11 is 6.58. The first kappa shape index (κ1) is 30.1. The molecule has 0 spiro atoms. The maximum Gasteiger partial charge on any atom is 0.301 e. The van der Waals surface area contributed by atoms with Gasteiger partial charge in [0.25, 0.3) is 0 Å². The number of halogens is 3. The third-order valence-corrected chi connectivity index (χ3v) is 8.90. The van der Waals surface area contributed by atoms with Crippen LogP contribution in [0.5, 0.6) is 0 Å². The number of hydrogen-bond acceptors (Lipinski definition) is 9. The molecule has 0 unspecified atom stereocenters. The van der Waals surface area contributed by atoms with E-state index in [1.165, 1.54) is 0 Å². The van der Waals surface area contributed by atoms with Crippen LogP contribution in [-0.2, 0) is 9.47 Å². The standard InChI is InChI=1S/C31H42ClF2N7O2/c1-19-12-22(42-11-5-10-39(2)3)16-41(15-19)30-35-14-24(32)29(38-30)36-21-8-9-25-23(13-21)27-26(17-40(25)4)43-18-31(33,34)28(37-27)20-6-7-20/h8-9,13-14,19-20,22,28,37H,5-7,10-12,15-18H2,1-4H3,(H,35,36,38)/t19-,22+,28-/m0/s1. The molecule has 1 saturated heterocycles. The molecule has 1 aliphatic carbocycles. The fraction of sp³-hybridized carbons (Fsp3) is 0.613. The summed E-state index contributed by atoms with van der Waals surface area (Å²) in [5, 5.41) is 6.97. The van der Waals surface area contributed by atoms with Gasteiger partial charge in [0.05, 0.1) is 30.6 Å². The van der Waals surface area contributed by atoms with E-state index in [1.54, 1.807) is 6.20 Å². The Balaban J connectivity index is 1.21. The molecule has 1 aromatic heterocycles. The summed E-state index contributed by atoms with van der Waals surface area (Å²) in [6.07, 6.45) is 5.33. The highest BCUT2D eigenvalue weighted by molar-refractivity contribution is 6.32. The Morgan fingerprint density at radius 1 is 1.26 bits per heavy atom. The molecular weight excluding hydrogens is 576 g/mol. The summed E-state index contributed by atoms with van der Waals surface area (Å²) in [4.78, 5) is 15.7. The molecule has 4 heterocycles. The maximum absolute atomic E-state index is 15.0. The molecule has 1 saturated carbocycles. The number of nitrogens with zero attached hydrogens (tertiary/aromatic N) is 5. The van der Waals surface area contributed by atoms with E-state index < -0.39 is 18.6 Å². The largest absolute Gasteiger partial charge is 0.487 e. The maximum atomic E-state index is 15.0. The molecule has 2 N–H and O–H groups in total. The highest BCUT2D eigenvalue weighted by atomic mass is 35.5. The first-order valence-electron chi connectivity index (χ1n) is 15.2. The van der Waals surface area contributed by atoms with Crippen molar-refractivity contribution in [3.8, 4) is 0 Å². The summed E-state index contributed by atoms with van der Waals surface area (Å²) in [6.45, 7) is 5.30. The first-order chi connectivity index (χ1) is 20.6. The average Bonchev–Trinajstić information content (AvgIpc) is 3.80. The number of anilines is 4. The van der Waals surface area contributed by atoms with Gasteiger partial charge in [0.1, 0.15) is 10.8 Å². The number of benzene rings is 1. The van der Waals surface area contributed by atoms with Gasteiger partial charge in [0.15, 0.2) is 12.4 Å². The lowest BCUT2D eigenvalue weighted by atomic mass is 9.98. The van der Waals surface area contributed by atoms with Crippen molar-refractivity contribution in [2.24, 2.45) is 11.8 Å². The highest BCUT2D eigenvalue weighted by Crippen LogP contribution is 2.45. The number of alkyl halides is 2. The van der Waals surface area contributed by atoms with Gasteiger partial charge in [-0.3, -0.25) is 0 Å². The van der Waals surface area contributed by atoms with Crippen LogP contribution in [-0.4, -0.2) is 93.5 Å². The predicted octanol–water partition coefficient (Wildman–Crippen LogP) is 5.21. The summed E-state index contributed by atoms with van der Waals surface area (Å²) in [5.41, 5.74) is 3.12. The minimum Gasteiger partial charge on any atom is -0.487 e. The first-order valence-corrected chi connectivity index (χ1v) is 15.6. The van der Waals surface area contributed by atoms with Crippen LogP contribution in [0, 0.1) is 11.8 Å². The van der Waals surface area contributed by atoms with Gasteiger partial charge in [-0.15, -0.1) is 0 Å². The van der Waals surface area contributed by atoms with Crippen molar-refractivity contribution in [2.75, 3.05) is 75.7 Å². The fourth-order valence-electron chi connectivity index (χ4n) is 6.32. The minimum atomic E-state index is -2.94. The van der Waals surface area contributed by atoms with E-state index in [2.05, 4.69) is 46.4 Å². The van der Waals surface area contributed by atoms with Gasteiger partial charge in [0, 0.05) is 43.7 Å². The number of ether oxygens (including phenoxy) is 2. The summed E-state index contributed by atoms with van der Waals surface area (Å²) in [6, 6.07) is 4.94. The van der Waals surface area contributed by atoms with Gasteiger partial charge in [-0.2, -0.15) is 4.98 Å². The van der Waals surface area contributed by atoms with Crippen LogP contribution in [0.25, 0.3) is 5.70 Å². The Kier molecular flexibility index (Phi) is 8.59. The van der Waals surface area contributed by atoms with Gasteiger partial charge in [-0.25, -0.2) is 13.8 Å². The lowest BCUT2D eigenvalue weighted by molar-refractivity contribution is -0.0833. The van der Waals surface area contributed by atoms with E-state index in [9.17, 15) is 0 Å². The quantitative estimate of drug-likeness (QED) is 0.369. The molecule has 43 heavy (non-hydrogen) atoms. The molecule has 9 nitrogen and oxygen atoms in total. The van der Waals surface area contributed by atoms with Crippen LogP contribution in [0.3, 0.4) is 0 Å². The Labute approximate surface area is 257 Å². The van der Waals surface area contributed by atoms with E-state index in [0.717, 1.165) is 62.3 Å². The van der Waals surface area contributed by atoms with E-state index in [4.69, 9.17) is 26.1 Å². The number of aromatic nitrogens is 2. The molecule has 0 radical (unpaired) electrons. The molecule has 1 aromatic carbocycles. The normalized spacial score (nSPS) is 25.1. The molecule has 3 aliphatic heterocycles. The van der Waals surface area contributed by atoms with E-state index in [0.29, 0.717) is 47.3 Å². The van der Waals surface area contributed by atoms with Crippen LogP contribution in [0.4, 0.5) is 31.9 Å². The molecule has 0 amide bonds. The van der Waals surface area contributed by atoms with Crippen molar-refractivity contribution in [3.05, 3.63) is 40.7 Å². The Morgan fingerprint density at radius 2 is 2.07 bits per heavy atom. The van der Waals surface area contributed by atoms with E-state index >= 15 is 8.78 Å². The highest BCUT2D eigenvalue weighted by Gasteiger charge is 2.51. The topological polar surface area (TPSA) is 78.0 Å². The molecule has 3 atom stereocenters. The predicted molar refractivity (Wildman–Crippen MR) is 166 cm³/mol. The van der Waals surface area contributed by atoms with Crippen molar-refractivity contribution < 1.29 is 18.3 Å². The van der Waals surface area contributed by atoms with Crippen LogP contribution in [0.2, 0.25) is 5.02 Å². The van der Waals surface area contributed by atoms with Crippen molar-refractivity contribution in [1.82, 2.24) is 20.2 Å². The molecule has 4 aliphatic rings. The SMILES string of the molecule is C[C@H]1C[C@@H](OCCCN(C)C)CN(c2ncc(Cl)c(Nc3ccc4c(c3)C3=C(CN4C)OCC(F)(F)[C@H](C4CC4)N3)n2)C1. The fourth-order valence-corrected chi connectivity index (χ4v) is 6.46. The second-order valence-electron chi connectivity index (χ2n) is 12.8. The Hall–Kier alpha value is -2.89. The lowest BCUT2D eigenvalue weighted by Gasteiger charge is -2.36. The van der Waals surface area contributed by atoms with Gasteiger partial charge in [-0.1, -0.05) is 18.5 Å². The average molecular weight is 618 g/mol. The van der Waals surface area contributed by atoms with Gasteiger partial charge in [0.2, 0.25) is 5.95 Å². The van der Waals surface area contributed by atoms with Crippen LogP contribution < -0.4 is 20.4 Å². The smallest absolute Gasteiger partial charge is 0.301 e. The van der Waals surface area contributed by atoms with Gasteiger partial charge >= 0.3 is 5.92 Å². The molecular formula is C31H42ClF2N7O2.